The average Bonchev–Trinajstić information content (AvgIpc) is 2.56. The van der Waals surface area contributed by atoms with E-state index < -0.39 is 0 Å². The normalized spacial score (nSPS) is 10.1. The van der Waals surface area contributed by atoms with Crippen LogP contribution in [0.1, 0.15) is 0 Å². The third-order valence-electron chi connectivity index (χ3n) is 1.50. The molecule has 1 heterocycles. The van der Waals surface area contributed by atoms with E-state index in [2.05, 4.69) is 26.2 Å². The van der Waals surface area contributed by atoms with Crippen molar-refractivity contribution in [2.24, 2.45) is 0 Å². The van der Waals surface area contributed by atoms with Crippen LogP contribution < -0.4 is 0 Å². The minimum absolute atomic E-state index is 1.00. The minimum atomic E-state index is 1.00. The molecule has 0 bridgehead atoms. The molecule has 3 nitrogen and oxygen atoms in total. The molecular formula is C8H6BrN3. The first kappa shape index (κ1) is 7.49. The zero-order valence-corrected chi connectivity index (χ0v) is 7.77. The fourth-order valence-electron chi connectivity index (χ4n) is 0.965. The zero-order valence-electron chi connectivity index (χ0n) is 6.18. The topological polar surface area (TPSA) is 30.7 Å². The van der Waals surface area contributed by atoms with Crippen molar-refractivity contribution in [1.82, 2.24) is 15.0 Å². The monoisotopic (exact) mass is 223 g/mol. The summed E-state index contributed by atoms with van der Waals surface area (Å²) in [5.74, 6) is 0. The minimum Gasteiger partial charge on any atom is -0.221 e. The number of hydrogen-bond acceptors (Lipinski definition) is 2. The molecule has 1 aromatic carbocycles. The molecule has 0 aliphatic heterocycles. The molecule has 0 saturated carbocycles. The van der Waals surface area contributed by atoms with Crippen molar-refractivity contribution in [3.63, 3.8) is 0 Å². The van der Waals surface area contributed by atoms with Crippen molar-refractivity contribution in [3.8, 4) is 5.69 Å². The van der Waals surface area contributed by atoms with Gasteiger partial charge in [0, 0.05) is 4.47 Å². The quantitative estimate of drug-likeness (QED) is 0.741. The summed E-state index contributed by atoms with van der Waals surface area (Å²) >= 11 is 3.39. The average molecular weight is 224 g/mol. The molecule has 0 aliphatic rings. The summed E-state index contributed by atoms with van der Waals surface area (Å²) in [6, 6.07) is 7.88. The van der Waals surface area contributed by atoms with Crippen molar-refractivity contribution < 1.29 is 0 Å². The Labute approximate surface area is 78.2 Å². The van der Waals surface area contributed by atoms with Gasteiger partial charge in [-0.3, -0.25) is 0 Å². The molecule has 4 heteroatoms. The summed E-state index contributed by atoms with van der Waals surface area (Å²) in [7, 11) is 0. The second kappa shape index (κ2) is 3.06. The van der Waals surface area contributed by atoms with Crippen molar-refractivity contribution in [1.29, 1.82) is 0 Å². The Kier molecular flexibility index (Phi) is 1.91. The van der Waals surface area contributed by atoms with Gasteiger partial charge >= 0.3 is 0 Å². The van der Waals surface area contributed by atoms with E-state index in [1.165, 1.54) is 0 Å². The van der Waals surface area contributed by atoms with Crippen LogP contribution in [0.15, 0.2) is 41.1 Å². The highest BCUT2D eigenvalue weighted by Crippen LogP contribution is 2.13. The molecule has 0 fully saturated rings. The third-order valence-corrected chi connectivity index (χ3v) is 1.99. The van der Waals surface area contributed by atoms with Gasteiger partial charge in [-0.1, -0.05) is 27.2 Å². The lowest BCUT2D eigenvalue weighted by molar-refractivity contribution is 0.803. The first-order valence-corrected chi connectivity index (χ1v) is 4.28. The van der Waals surface area contributed by atoms with E-state index in [0.717, 1.165) is 10.2 Å². The van der Waals surface area contributed by atoms with Gasteiger partial charge in [0.15, 0.2) is 0 Å². The van der Waals surface area contributed by atoms with Gasteiger partial charge in [-0.05, 0) is 18.2 Å². The van der Waals surface area contributed by atoms with Gasteiger partial charge in [0.05, 0.1) is 18.1 Å². The summed E-state index contributed by atoms with van der Waals surface area (Å²) in [5.41, 5.74) is 1.00. The summed E-state index contributed by atoms with van der Waals surface area (Å²) in [4.78, 5) is 0. The standard InChI is InChI=1S/C8H6BrN3/c9-7-2-1-3-8(6-7)12-5-4-10-11-12/h1-6H. The lowest BCUT2D eigenvalue weighted by Crippen LogP contribution is -1.93. The molecule has 60 valence electrons. The summed E-state index contributed by atoms with van der Waals surface area (Å²) in [5, 5.41) is 7.60. The van der Waals surface area contributed by atoms with E-state index >= 15 is 0 Å². The smallest absolute Gasteiger partial charge is 0.0697 e. The Morgan fingerprint density at radius 1 is 1.33 bits per heavy atom. The largest absolute Gasteiger partial charge is 0.221 e. The van der Waals surface area contributed by atoms with Gasteiger partial charge in [0.1, 0.15) is 0 Å². The number of aromatic nitrogens is 3. The van der Waals surface area contributed by atoms with E-state index in [4.69, 9.17) is 0 Å². The molecule has 0 spiro atoms. The second-order valence-electron chi connectivity index (χ2n) is 2.33. The Morgan fingerprint density at radius 2 is 2.25 bits per heavy atom. The highest BCUT2D eigenvalue weighted by molar-refractivity contribution is 9.10. The Morgan fingerprint density at radius 3 is 2.92 bits per heavy atom. The molecular weight excluding hydrogens is 218 g/mol. The van der Waals surface area contributed by atoms with Crippen LogP contribution in [0.2, 0.25) is 0 Å². The van der Waals surface area contributed by atoms with Gasteiger partial charge in [0.25, 0.3) is 0 Å². The Hall–Kier alpha value is -1.16. The molecule has 0 aliphatic carbocycles. The van der Waals surface area contributed by atoms with Crippen LogP contribution in [0.5, 0.6) is 0 Å². The van der Waals surface area contributed by atoms with Crippen LogP contribution in [0.3, 0.4) is 0 Å². The maximum absolute atomic E-state index is 3.87. The lowest BCUT2D eigenvalue weighted by Gasteiger charge is -1.98. The van der Waals surface area contributed by atoms with Gasteiger partial charge in [-0.2, -0.15) is 0 Å². The SMILES string of the molecule is Brc1cccc(-n2ccnn2)c1. The first-order chi connectivity index (χ1) is 5.86. The predicted octanol–water partition coefficient (Wildman–Crippen LogP) is 2.03. The molecule has 0 unspecified atom stereocenters. The van der Waals surface area contributed by atoms with E-state index in [9.17, 15) is 0 Å². The predicted molar refractivity (Wildman–Crippen MR) is 49.1 cm³/mol. The molecule has 2 aromatic rings. The van der Waals surface area contributed by atoms with Crippen LogP contribution in [0.4, 0.5) is 0 Å². The van der Waals surface area contributed by atoms with Gasteiger partial charge in [0.2, 0.25) is 0 Å². The van der Waals surface area contributed by atoms with Crippen LogP contribution >= 0.6 is 15.9 Å². The van der Waals surface area contributed by atoms with Gasteiger partial charge in [-0.25, -0.2) is 4.68 Å². The summed E-state index contributed by atoms with van der Waals surface area (Å²) in [6.45, 7) is 0. The lowest BCUT2D eigenvalue weighted by atomic mass is 10.3. The number of nitrogens with zero attached hydrogens (tertiary/aromatic N) is 3. The maximum atomic E-state index is 3.87. The van der Waals surface area contributed by atoms with Crippen LogP contribution in [0, 0.1) is 0 Å². The van der Waals surface area contributed by atoms with E-state index in [1.807, 2.05) is 30.5 Å². The Balaban J connectivity index is 2.48. The third kappa shape index (κ3) is 1.38. The first-order valence-electron chi connectivity index (χ1n) is 3.48. The summed E-state index contributed by atoms with van der Waals surface area (Å²) in [6.07, 6.45) is 3.46. The van der Waals surface area contributed by atoms with Gasteiger partial charge in [-0.15, -0.1) is 5.10 Å². The number of hydrogen-bond donors (Lipinski definition) is 0. The summed E-state index contributed by atoms with van der Waals surface area (Å²) < 4.78 is 2.75. The van der Waals surface area contributed by atoms with Gasteiger partial charge < -0.3 is 0 Å². The molecule has 1 aromatic heterocycles. The number of halogens is 1. The molecule has 0 atom stereocenters. The highest BCUT2D eigenvalue weighted by atomic mass is 79.9. The van der Waals surface area contributed by atoms with E-state index in [1.54, 1.807) is 10.9 Å². The molecule has 0 amide bonds. The molecule has 0 saturated heterocycles. The molecule has 0 N–H and O–H groups in total. The maximum Gasteiger partial charge on any atom is 0.0697 e. The number of rotatable bonds is 1. The van der Waals surface area contributed by atoms with E-state index in [0.29, 0.717) is 0 Å². The van der Waals surface area contributed by atoms with Crippen molar-refractivity contribution in [3.05, 3.63) is 41.1 Å². The van der Waals surface area contributed by atoms with Crippen molar-refractivity contribution in [2.75, 3.05) is 0 Å². The fourth-order valence-corrected chi connectivity index (χ4v) is 1.35. The Bertz CT molecular complexity index is 370. The van der Waals surface area contributed by atoms with Crippen LogP contribution in [-0.4, -0.2) is 15.0 Å². The number of benzene rings is 1. The zero-order chi connectivity index (χ0) is 8.39. The van der Waals surface area contributed by atoms with E-state index in [-0.39, 0.29) is 0 Å². The molecule has 2 rings (SSSR count). The van der Waals surface area contributed by atoms with Crippen molar-refractivity contribution >= 4 is 15.9 Å². The molecule has 0 radical (unpaired) electrons. The van der Waals surface area contributed by atoms with Crippen LogP contribution in [-0.2, 0) is 0 Å². The van der Waals surface area contributed by atoms with Crippen LogP contribution in [0.25, 0.3) is 5.69 Å². The highest BCUT2D eigenvalue weighted by Gasteiger charge is 1.95. The van der Waals surface area contributed by atoms with Crippen molar-refractivity contribution in [2.45, 2.75) is 0 Å². The fraction of sp³-hybridized carbons (Fsp3) is 0. The molecule has 12 heavy (non-hydrogen) atoms. The second-order valence-corrected chi connectivity index (χ2v) is 3.24.